The normalized spacial score (nSPS) is 10.7. The molecule has 0 aliphatic heterocycles. The third-order valence-electron chi connectivity index (χ3n) is 2.67. The smallest absolute Gasteiger partial charge is 0.151 e. The van der Waals surface area contributed by atoms with Gasteiger partial charge in [-0.15, -0.1) is 11.3 Å². The van der Waals surface area contributed by atoms with Gasteiger partial charge in [0.2, 0.25) is 0 Å². The van der Waals surface area contributed by atoms with Crippen LogP contribution in [-0.4, -0.2) is 9.97 Å². The van der Waals surface area contributed by atoms with Crippen LogP contribution in [0.25, 0.3) is 10.2 Å². The summed E-state index contributed by atoms with van der Waals surface area (Å²) in [6.07, 6.45) is 1.57. The summed E-state index contributed by atoms with van der Waals surface area (Å²) in [5.74, 6) is 0.837. The SMILES string of the molecule is NCc1cccc(Nc2ncnc3ccsc23)c1. The van der Waals surface area contributed by atoms with Crippen molar-refractivity contribution in [2.24, 2.45) is 5.73 Å². The van der Waals surface area contributed by atoms with Crippen LogP contribution in [0.15, 0.2) is 42.0 Å². The zero-order valence-corrected chi connectivity index (χ0v) is 10.4. The summed E-state index contributed by atoms with van der Waals surface area (Å²) in [4.78, 5) is 8.50. The number of nitrogens with two attached hydrogens (primary N) is 1. The lowest BCUT2D eigenvalue weighted by Gasteiger charge is -2.07. The van der Waals surface area contributed by atoms with E-state index in [1.807, 2.05) is 35.7 Å². The van der Waals surface area contributed by atoms with Gasteiger partial charge in [0.1, 0.15) is 6.33 Å². The number of hydrogen-bond donors (Lipinski definition) is 2. The summed E-state index contributed by atoms with van der Waals surface area (Å²) in [6, 6.07) is 10.0. The van der Waals surface area contributed by atoms with Crippen molar-refractivity contribution < 1.29 is 0 Å². The predicted octanol–water partition coefficient (Wildman–Crippen LogP) is 2.89. The largest absolute Gasteiger partial charge is 0.339 e. The monoisotopic (exact) mass is 256 g/mol. The van der Waals surface area contributed by atoms with Gasteiger partial charge in [0.05, 0.1) is 10.2 Å². The van der Waals surface area contributed by atoms with Crippen molar-refractivity contribution in [2.75, 3.05) is 5.32 Å². The Bertz CT molecular complexity index is 677. The van der Waals surface area contributed by atoms with Gasteiger partial charge in [-0.25, -0.2) is 9.97 Å². The molecular formula is C13H12N4S. The molecule has 90 valence electrons. The molecule has 0 aliphatic rings. The van der Waals surface area contributed by atoms with Crippen molar-refractivity contribution in [3.63, 3.8) is 0 Å². The lowest BCUT2D eigenvalue weighted by molar-refractivity contribution is 1.07. The Morgan fingerprint density at radius 3 is 3.06 bits per heavy atom. The van der Waals surface area contributed by atoms with Crippen LogP contribution < -0.4 is 11.1 Å². The average molecular weight is 256 g/mol. The van der Waals surface area contributed by atoms with Gasteiger partial charge in [0.15, 0.2) is 5.82 Å². The fourth-order valence-electron chi connectivity index (χ4n) is 1.79. The number of rotatable bonds is 3. The molecule has 5 heteroatoms. The Kier molecular flexibility index (Phi) is 2.92. The molecule has 0 amide bonds. The molecule has 2 heterocycles. The maximum absolute atomic E-state index is 5.63. The first-order valence-corrected chi connectivity index (χ1v) is 6.49. The first-order valence-electron chi connectivity index (χ1n) is 5.61. The van der Waals surface area contributed by atoms with E-state index in [4.69, 9.17) is 5.73 Å². The van der Waals surface area contributed by atoms with Gasteiger partial charge < -0.3 is 11.1 Å². The second kappa shape index (κ2) is 4.72. The van der Waals surface area contributed by atoms with E-state index in [9.17, 15) is 0 Å². The van der Waals surface area contributed by atoms with Crippen LogP contribution in [0.5, 0.6) is 0 Å². The molecule has 0 bridgehead atoms. The van der Waals surface area contributed by atoms with Gasteiger partial charge in [-0.3, -0.25) is 0 Å². The van der Waals surface area contributed by atoms with E-state index in [1.54, 1.807) is 17.7 Å². The van der Waals surface area contributed by atoms with Gasteiger partial charge >= 0.3 is 0 Å². The molecule has 3 rings (SSSR count). The third kappa shape index (κ3) is 2.05. The second-order valence-corrected chi connectivity index (χ2v) is 4.80. The Labute approximate surface area is 109 Å². The van der Waals surface area contributed by atoms with Gasteiger partial charge in [0, 0.05) is 12.2 Å². The highest BCUT2D eigenvalue weighted by atomic mass is 32.1. The van der Waals surface area contributed by atoms with Crippen LogP contribution in [0.4, 0.5) is 11.5 Å². The summed E-state index contributed by atoms with van der Waals surface area (Å²) >= 11 is 1.63. The van der Waals surface area contributed by atoms with E-state index in [0.29, 0.717) is 6.54 Å². The van der Waals surface area contributed by atoms with Crippen molar-refractivity contribution in [1.82, 2.24) is 9.97 Å². The Hall–Kier alpha value is -1.98. The summed E-state index contributed by atoms with van der Waals surface area (Å²) in [6.45, 7) is 0.535. The highest BCUT2D eigenvalue weighted by molar-refractivity contribution is 7.17. The molecular weight excluding hydrogens is 244 g/mol. The number of aromatic nitrogens is 2. The Morgan fingerprint density at radius 1 is 1.22 bits per heavy atom. The fraction of sp³-hybridized carbons (Fsp3) is 0.0769. The molecule has 1 aromatic carbocycles. The van der Waals surface area contributed by atoms with Crippen LogP contribution in [0.2, 0.25) is 0 Å². The number of thiophene rings is 1. The fourth-order valence-corrected chi connectivity index (χ4v) is 2.58. The quantitative estimate of drug-likeness (QED) is 0.756. The van der Waals surface area contributed by atoms with Gasteiger partial charge in [-0.05, 0) is 29.1 Å². The minimum absolute atomic E-state index is 0.535. The summed E-state index contributed by atoms with van der Waals surface area (Å²) in [5, 5.41) is 5.33. The second-order valence-electron chi connectivity index (χ2n) is 3.89. The predicted molar refractivity (Wildman–Crippen MR) is 75.0 cm³/mol. The van der Waals surface area contributed by atoms with Crippen LogP contribution in [0, 0.1) is 0 Å². The van der Waals surface area contributed by atoms with E-state index in [2.05, 4.69) is 15.3 Å². The molecule has 0 spiro atoms. The van der Waals surface area contributed by atoms with Crippen LogP contribution in [0.3, 0.4) is 0 Å². The van der Waals surface area contributed by atoms with Crippen molar-refractivity contribution in [1.29, 1.82) is 0 Å². The van der Waals surface area contributed by atoms with Crippen LogP contribution >= 0.6 is 11.3 Å². The highest BCUT2D eigenvalue weighted by Gasteiger charge is 2.05. The Balaban J connectivity index is 1.98. The number of hydrogen-bond acceptors (Lipinski definition) is 5. The molecule has 0 radical (unpaired) electrons. The summed E-state index contributed by atoms with van der Waals surface area (Å²) in [7, 11) is 0. The molecule has 0 atom stereocenters. The van der Waals surface area contributed by atoms with E-state index < -0.39 is 0 Å². The molecule has 0 fully saturated rings. The summed E-state index contributed by atoms with van der Waals surface area (Å²) < 4.78 is 1.07. The van der Waals surface area contributed by atoms with Crippen LogP contribution in [-0.2, 0) is 6.54 Å². The maximum atomic E-state index is 5.63. The molecule has 4 nitrogen and oxygen atoms in total. The minimum Gasteiger partial charge on any atom is -0.339 e. The van der Waals surface area contributed by atoms with E-state index in [-0.39, 0.29) is 0 Å². The molecule has 18 heavy (non-hydrogen) atoms. The number of anilines is 2. The van der Waals surface area contributed by atoms with Crippen LogP contribution in [0.1, 0.15) is 5.56 Å². The minimum atomic E-state index is 0.535. The topological polar surface area (TPSA) is 63.8 Å². The number of nitrogens with zero attached hydrogens (tertiary/aromatic N) is 2. The van der Waals surface area contributed by atoms with Crippen molar-refractivity contribution in [3.8, 4) is 0 Å². The Morgan fingerprint density at radius 2 is 2.17 bits per heavy atom. The highest BCUT2D eigenvalue weighted by Crippen LogP contribution is 2.27. The maximum Gasteiger partial charge on any atom is 0.151 e. The van der Waals surface area contributed by atoms with Gasteiger partial charge in [-0.2, -0.15) is 0 Å². The van der Waals surface area contributed by atoms with Gasteiger partial charge in [0.25, 0.3) is 0 Å². The molecule has 0 saturated carbocycles. The molecule has 0 aliphatic carbocycles. The van der Waals surface area contributed by atoms with E-state index in [0.717, 1.165) is 27.3 Å². The van der Waals surface area contributed by atoms with Crippen molar-refractivity contribution in [2.45, 2.75) is 6.54 Å². The van der Waals surface area contributed by atoms with Gasteiger partial charge in [-0.1, -0.05) is 12.1 Å². The zero-order valence-electron chi connectivity index (χ0n) is 9.63. The molecule has 0 unspecified atom stereocenters. The van der Waals surface area contributed by atoms with Crippen molar-refractivity contribution in [3.05, 3.63) is 47.6 Å². The number of nitrogens with one attached hydrogen (secondary N) is 1. The lowest BCUT2D eigenvalue weighted by Crippen LogP contribution is -1.98. The zero-order chi connectivity index (χ0) is 12.4. The lowest BCUT2D eigenvalue weighted by atomic mass is 10.2. The van der Waals surface area contributed by atoms with E-state index >= 15 is 0 Å². The molecule has 3 N–H and O–H groups in total. The molecule has 3 aromatic rings. The third-order valence-corrected chi connectivity index (χ3v) is 3.58. The standard InChI is InChI=1S/C13H12N4S/c14-7-9-2-1-3-10(6-9)17-13-12-11(4-5-18-12)15-8-16-13/h1-6,8H,7,14H2,(H,15,16,17). The summed E-state index contributed by atoms with van der Waals surface area (Å²) in [5.41, 5.74) is 8.69. The molecule has 0 saturated heterocycles. The average Bonchev–Trinajstić information content (AvgIpc) is 2.88. The molecule has 2 aromatic heterocycles. The van der Waals surface area contributed by atoms with E-state index in [1.165, 1.54) is 0 Å². The number of fused-ring (bicyclic) bond motifs is 1. The first-order chi connectivity index (χ1) is 8.86. The first kappa shape index (κ1) is 11.1. The number of benzene rings is 1. The van der Waals surface area contributed by atoms with Crippen molar-refractivity contribution >= 4 is 33.1 Å².